The first kappa shape index (κ1) is 20.1. The molecule has 1 N–H and O–H groups in total. The summed E-state index contributed by atoms with van der Waals surface area (Å²) >= 11 is 0. The minimum atomic E-state index is -0.161. The van der Waals surface area contributed by atoms with Gasteiger partial charge in [-0.15, -0.1) is 0 Å². The number of amides is 1. The van der Waals surface area contributed by atoms with Gasteiger partial charge in [0.05, 0.1) is 19.4 Å². The van der Waals surface area contributed by atoms with Crippen molar-refractivity contribution in [3.8, 4) is 0 Å². The van der Waals surface area contributed by atoms with Gasteiger partial charge in [-0.1, -0.05) is 62.9 Å². The first-order valence-electron chi connectivity index (χ1n) is 9.62. The van der Waals surface area contributed by atoms with Crippen LogP contribution in [-0.2, 0) is 20.7 Å². The van der Waals surface area contributed by atoms with E-state index in [1.165, 1.54) is 20.0 Å². The van der Waals surface area contributed by atoms with Crippen molar-refractivity contribution in [3.63, 3.8) is 0 Å². The molecule has 2 rings (SSSR count). The zero-order valence-corrected chi connectivity index (χ0v) is 15.9. The van der Waals surface area contributed by atoms with Crippen molar-refractivity contribution in [1.29, 1.82) is 0 Å². The Bertz CT molecular complexity index is 613. The lowest BCUT2D eigenvalue weighted by atomic mass is 9.89. The van der Waals surface area contributed by atoms with Crippen molar-refractivity contribution >= 4 is 17.6 Å². The van der Waals surface area contributed by atoms with Gasteiger partial charge in [-0.3, -0.25) is 9.59 Å². The molecular formula is C21H30N2O3. The number of nitrogens with zero attached hydrogens (tertiary/aromatic N) is 1. The molecule has 5 heteroatoms. The van der Waals surface area contributed by atoms with Gasteiger partial charge >= 0.3 is 5.97 Å². The maximum atomic E-state index is 12.1. The van der Waals surface area contributed by atoms with Crippen molar-refractivity contribution < 1.29 is 14.3 Å². The number of esters is 1. The largest absolute Gasteiger partial charge is 0.469 e. The van der Waals surface area contributed by atoms with Gasteiger partial charge in [0.1, 0.15) is 0 Å². The molecule has 26 heavy (non-hydrogen) atoms. The van der Waals surface area contributed by atoms with E-state index in [-0.39, 0.29) is 23.7 Å². The van der Waals surface area contributed by atoms with E-state index in [0.717, 1.165) is 43.4 Å². The average Bonchev–Trinajstić information content (AvgIpc) is 3.06. The molecule has 0 bridgehead atoms. The van der Waals surface area contributed by atoms with Crippen LogP contribution in [0.5, 0.6) is 0 Å². The van der Waals surface area contributed by atoms with E-state index in [1.54, 1.807) is 0 Å². The SMILES string of the molecule is CCCCCC[C@H]1/C(=N/NC(=O)Cc2ccccc2)CC[C@@H]1C(=O)OC. The summed E-state index contributed by atoms with van der Waals surface area (Å²) in [5.41, 5.74) is 4.57. The molecule has 0 aromatic heterocycles. The molecule has 0 unspecified atom stereocenters. The van der Waals surface area contributed by atoms with Gasteiger partial charge in [-0.25, -0.2) is 5.43 Å². The van der Waals surface area contributed by atoms with E-state index in [1.807, 2.05) is 30.3 Å². The van der Waals surface area contributed by atoms with Crippen LogP contribution >= 0.6 is 0 Å². The lowest BCUT2D eigenvalue weighted by molar-refractivity contribution is -0.146. The number of methoxy groups -OCH3 is 1. The summed E-state index contributed by atoms with van der Waals surface area (Å²) in [6.45, 7) is 2.18. The Morgan fingerprint density at radius 3 is 2.65 bits per heavy atom. The number of carbonyl (C=O) groups excluding carboxylic acids is 2. The molecule has 1 amide bonds. The summed E-state index contributed by atoms with van der Waals surface area (Å²) in [5, 5.41) is 4.38. The second kappa shape index (κ2) is 10.7. The molecule has 0 heterocycles. The minimum Gasteiger partial charge on any atom is -0.469 e. The predicted octanol–water partition coefficient (Wildman–Crippen LogP) is 3.87. The number of hydrogen-bond acceptors (Lipinski definition) is 4. The Balaban J connectivity index is 1.96. The second-order valence-corrected chi connectivity index (χ2v) is 6.92. The average molecular weight is 358 g/mol. The zero-order chi connectivity index (χ0) is 18.8. The highest BCUT2D eigenvalue weighted by Gasteiger charge is 2.38. The third kappa shape index (κ3) is 5.97. The van der Waals surface area contributed by atoms with Crippen LogP contribution in [-0.4, -0.2) is 24.7 Å². The van der Waals surface area contributed by atoms with E-state index in [4.69, 9.17) is 4.74 Å². The maximum Gasteiger partial charge on any atom is 0.309 e. The quantitative estimate of drug-likeness (QED) is 0.414. The van der Waals surface area contributed by atoms with Gasteiger partial charge in [-0.2, -0.15) is 5.10 Å². The van der Waals surface area contributed by atoms with Crippen LogP contribution in [0, 0.1) is 11.8 Å². The molecule has 2 atom stereocenters. The number of benzene rings is 1. The first-order valence-corrected chi connectivity index (χ1v) is 9.62. The second-order valence-electron chi connectivity index (χ2n) is 6.92. The molecule has 1 aromatic rings. The molecule has 0 radical (unpaired) electrons. The van der Waals surface area contributed by atoms with Crippen molar-refractivity contribution in [2.24, 2.45) is 16.9 Å². The molecule has 1 aliphatic carbocycles. The highest BCUT2D eigenvalue weighted by atomic mass is 16.5. The number of unbranched alkanes of at least 4 members (excludes halogenated alkanes) is 3. The van der Waals surface area contributed by atoms with E-state index in [2.05, 4.69) is 17.5 Å². The van der Waals surface area contributed by atoms with E-state index < -0.39 is 0 Å². The van der Waals surface area contributed by atoms with Crippen LogP contribution in [0.15, 0.2) is 35.4 Å². The number of ether oxygens (including phenoxy) is 1. The Labute approximate surface area is 156 Å². The van der Waals surface area contributed by atoms with Crippen molar-refractivity contribution in [2.45, 2.75) is 58.3 Å². The van der Waals surface area contributed by atoms with Gasteiger partial charge in [0, 0.05) is 11.6 Å². The van der Waals surface area contributed by atoms with E-state index >= 15 is 0 Å². The first-order chi connectivity index (χ1) is 12.7. The highest BCUT2D eigenvalue weighted by Crippen LogP contribution is 2.34. The monoisotopic (exact) mass is 358 g/mol. The summed E-state index contributed by atoms with van der Waals surface area (Å²) in [4.78, 5) is 24.2. The summed E-state index contributed by atoms with van der Waals surface area (Å²) in [5.74, 6) is -0.344. The van der Waals surface area contributed by atoms with Gasteiger partial charge in [0.25, 0.3) is 0 Å². The van der Waals surface area contributed by atoms with Crippen LogP contribution in [0.4, 0.5) is 0 Å². The fourth-order valence-corrected chi connectivity index (χ4v) is 3.61. The van der Waals surface area contributed by atoms with Gasteiger partial charge in [-0.05, 0) is 24.8 Å². The number of carbonyl (C=O) groups is 2. The lowest BCUT2D eigenvalue weighted by Gasteiger charge is -2.18. The fourth-order valence-electron chi connectivity index (χ4n) is 3.61. The Hall–Kier alpha value is -2.17. The molecular weight excluding hydrogens is 328 g/mol. The fraction of sp³-hybridized carbons (Fsp3) is 0.571. The molecule has 142 valence electrons. The third-order valence-corrected chi connectivity index (χ3v) is 5.03. The predicted molar refractivity (Wildman–Crippen MR) is 103 cm³/mol. The van der Waals surface area contributed by atoms with Gasteiger partial charge in [0.15, 0.2) is 0 Å². The summed E-state index contributed by atoms with van der Waals surface area (Å²) in [6.07, 6.45) is 7.34. The molecule has 5 nitrogen and oxygen atoms in total. The number of nitrogens with one attached hydrogen (secondary N) is 1. The molecule has 1 aromatic carbocycles. The van der Waals surface area contributed by atoms with Crippen LogP contribution < -0.4 is 5.43 Å². The van der Waals surface area contributed by atoms with E-state index in [0.29, 0.717) is 6.42 Å². The highest BCUT2D eigenvalue weighted by molar-refractivity contribution is 5.94. The summed E-state index contributed by atoms with van der Waals surface area (Å²) in [7, 11) is 1.44. The summed E-state index contributed by atoms with van der Waals surface area (Å²) in [6, 6.07) is 9.60. The van der Waals surface area contributed by atoms with Crippen molar-refractivity contribution in [2.75, 3.05) is 7.11 Å². The smallest absolute Gasteiger partial charge is 0.309 e. The van der Waals surface area contributed by atoms with Crippen LogP contribution in [0.2, 0.25) is 0 Å². The van der Waals surface area contributed by atoms with E-state index in [9.17, 15) is 9.59 Å². The summed E-state index contributed by atoms with van der Waals surface area (Å²) < 4.78 is 4.96. The normalized spacial score (nSPS) is 20.9. The van der Waals surface area contributed by atoms with Crippen LogP contribution in [0.1, 0.15) is 57.4 Å². The van der Waals surface area contributed by atoms with Gasteiger partial charge < -0.3 is 4.74 Å². The molecule has 1 saturated carbocycles. The molecule has 1 aliphatic rings. The third-order valence-electron chi connectivity index (χ3n) is 5.03. The lowest BCUT2D eigenvalue weighted by Crippen LogP contribution is -2.27. The Morgan fingerprint density at radius 2 is 1.96 bits per heavy atom. The molecule has 0 spiro atoms. The maximum absolute atomic E-state index is 12.1. The van der Waals surface area contributed by atoms with Crippen LogP contribution in [0.3, 0.4) is 0 Å². The topological polar surface area (TPSA) is 67.8 Å². The number of hydrogen-bond donors (Lipinski definition) is 1. The zero-order valence-electron chi connectivity index (χ0n) is 15.9. The van der Waals surface area contributed by atoms with Crippen molar-refractivity contribution in [3.05, 3.63) is 35.9 Å². The number of hydrazone groups is 1. The molecule has 0 aliphatic heterocycles. The number of rotatable bonds is 9. The van der Waals surface area contributed by atoms with Crippen LogP contribution in [0.25, 0.3) is 0 Å². The van der Waals surface area contributed by atoms with Crippen molar-refractivity contribution in [1.82, 2.24) is 5.43 Å². The molecule has 0 saturated heterocycles. The molecule has 1 fully saturated rings. The van der Waals surface area contributed by atoms with Gasteiger partial charge in [0.2, 0.25) is 5.91 Å². The minimum absolute atomic E-state index is 0.0799. The standard InChI is InChI=1S/C21H30N2O3/c1-3-4-5-9-12-17-18(21(25)26-2)13-14-19(17)22-23-20(24)15-16-10-7-6-8-11-16/h6-8,10-11,17-18H,3-5,9,12-15H2,1-2H3,(H,23,24)/b22-19+/t17-,18+/m1/s1. The Kier molecular flexibility index (Phi) is 8.32. The Morgan fingerprint density at radius 1 is 1.19 bits per heavy atom.